The maximum atomic E-state index is 12.4. The number of hydrogen-bond donors (Lipinski definition) is 0. The molecule has 1 rings (SSSR count). The summed E-state index contributed by atoms with van der Waals surface area (Å²) < 4.78 is 41.7. The van der Waals surface area contributed by atoms with Crippen molar-refractivity contribution in [1.82, 2.24) is 0 Å². The van der Waals surface area contributed by atoms with Crippen LogP contribution in [0.3, 0.4) is 0 Å². The summed E-state index contributed by atoms with van der Waals surface area (Å²) in [6, 6.07) is 4.10. The largest absolute Gasteiger partial charge is 0.466 e. The van der Waals surface area contributed by atoms with E-state index < -0.39 is 29.2 Å². The highest BCUT2D eigenvalue weighted by atomic mass is 19.4. The molecule has 5 nitrogen and oxygen atoms in total. The molecule has 8 heteroatoms. The Hall–Kier alpha value is -2.38. The molecule has 0 aliphatic carbocycles. The van der Waals surface area contributed by atoms with Crippen LogP contribution in [-0.4, -0.2) is 24.5 Å². The number of carbonyl (C=O) groups excluding carboxylic acids is 1. The maximum absolute atomic E-state index is 12.4. The topological polar surface area (TPSA) is 69.4 Å². The minimum absolute atomic E-state index is 0.0222. The van der Waals surface area contributed by atoms with Gasteiger partial charge in [-0.3, -0.25) is 10.1 Å². The van der Waals surface area contributed by atoms with E-state index in [9.17, 15) is 28.1 Å². The fourth-order valence-electron chi connectivity index (χ4n) is 1.55. The number of alkyl halides is 3. The molecule has 21 heavy (non-hydrogen) atoms. The van der Waals surface area contributed by atoms with Gasteiger partial charge in [0.15, 0.2) is 0 Å². The zero-order chi connectivity index (χ0) is 16.0. The standard InChI is InChI=1S/C13H12F3NO4/c1-21-12(18)10(6-7-17(19)20)8-9-2-4-11(5-3-9)13(14,15)16/h2-5,8H,6-7H2,1H3/b10-8+. The number of ether oxygens (including phenoxy) is 1. The number of methoxy groups -OCH3 is 1. The molecule has 0 radical (unpaired) electrons. The Morgan fingerprint density at radius 2 is 1.90 bits per heavy atom. The lowest BCUT2D eigenvalue weighted by molar-refractivity contribution is -0.479. The first-order chi connectivity index (χ1) is 9.74. The van der Waals surface area contributed by atoms with Gasteiger partial charge < -0.3 is 4.74 Å². The first kappa shape index (κ1) is 16.7. The number of halogens is 3. The molecule has 0 unspecified atom stereocenters. The normalized spacial score (nSPS) is 12.1. The van der Waals surface area contributed by atoms with Crippen LogP contribution < -0.4 is 0 Å². The molecule has 0 amide bonds. The van der Waals surface area contributed by atoms with Crippen molar-refractivity contribution in [3.63, 3.8) is 0 Å². The Morgan fingerprint density at radius 3 is 2.33 bits per heavy atom. The lowest BCUT2D eigenvalue weighted by Gasteiger charge is -2.07. The Balaban J connectivity index is 2.99. The second-order valence-electron chi connectivity index (χ2n) is 4.09. The highest BCUT2D eigenvalue weighted by molar-refractivity contribution is 5.93. The van der Waals surface area contributed by atoms with Gasteiger partial charge in [0, 0.05) is 16.9 Å². The van der Waals surface area contributed by atoms with Gasteiger partial charge in [-0.1, -0.05) is 12.1 Å². The lowest BCUT2D eigenvalue weighted by atomic mass is 10.1. The Kier molecular flexibility index (Phi) is 5.45. The predicted octanol–water partition coefficient (Wildman–Crippen LogP) is 2.93. The highest BCUT2D eigenvalue weighted by Gasteiger charge is 2.29. The molecular formula is C13H12F3NO4. The van der Waals surface area contributed by atoms with E-state index in [1.165, 1.54) is 18.2 Å². The van der Waals surface area contributed by atoms with Crippen molar-refractivity contribution >= 4 is 12.0 Å². The Morgan fingerprint density at radius 1 is 1.33 bits per heavy atom. The Labute approximate surface area is 118 Å². The van der Waals surface area contributed by atoms with Crippen molar-refractivity contribution in [2.75, 3.05) is 13.7 Å². The van der Waals surface area contributed by atoms with Crippen LogP contribution in [0.25, 0.3) is 6.08 Å². The molecule has 0 atom stereocenters. The van der Waals surface area contributed by atoms with Crippen molar-refractivity contribution in [2.24, 2.45) is 0 Å². The number of nitrogens with zero attached hydrogens (tertiary/aromatic N) is 1. The van der Waals surface area contributed by atoms with E-state index in [-0.39, 0.29) is 12.0 Å². The fraction of sp³-hybridized carbons (Fsp3) is 0.308. The summed E-state index contributed by atoms with van der Waals surface area (Å²) in [7, 11) is 1.12. The monoisotopic (exact) mass is 303 g/mol. The second kappa shape index (κ2) is 6.87. The molecule has 0 N–H and O–H groups in total. The van der Waals surface area contributed by atoms with Gasteiger partial charge in [0.1, 0.15) is 0 Å². The molecular weight excluding hydrogens is 291 g/mol. The van der Waals surface area contributed by atoms with Gasteiger partial charge in [0.2, 0.25) is 6.54 Å². The summed E-state index contributed by atoms with van der Waals surface area (Å²) in [6.45, 7) is -0.471. The third kappa shape index (κ3) is 5.25. The van der Waals surface area contributed by atoms with E-state index in [2.05, 4.69) is 4.74 Å². The van der Waals surface area contributed by atoms with E-state index in [0.717, 1.165) is 19.2 Å². The Bertz CT molecular complexity index is 550. The van der Waals surface area contributed by atoms with E-state index in [1.54, 1.807) is 0 Å². The number of rotatable bonds is 5. The smallest absolute Gasteiger partial charge is 0.416 e. The van der Waals surface area contributed by atoms with Crippen molar-refractivity contribution < 1.29 is 27.6 Å². The molecule has 0 aromatic heterocycles. The number of hydrogen-bond acceptors (Lipinski definition) is 4. The van der Waals surface area contributed by atoms with Crippen LogP contribution in [0.1, 0.15) is 17.5 Å². The van der Waals surface area contributed by atoms with Crippen molar-refractivity contribution in [3.8, 4) is 0 Å². The molecule has 0 saturated carbocycles. The number of nitro groups is 1. The van der Waals surface area contributed by atoms with E-state index >= 15 is 0 Å². The molecule has 0 fully saturated rings. The molecule has 0 heterocycles. The molecule has 1 aromatic rings. The van der Waals surface area contributed by atoms with Crippen LogP contribution in [-0.2, 0) is 15.7 Å². The summed E-state index contributed by atoms with van der Waals surface area (Å²) in [6.07, 6.45) is -3.34. The highest BCUT2D eigenvalue weighted by Crippen LogP contribution is 2.29. The zero-order valence-corrected chi connectivity index (χ0v) is 11.0. The van der Waals surface area contributed by atoms with Crippen LogP contribution in [0.2, 0.25) is 0 Å². The lowest BCUT2D eigenvalue weighted by Crippen LogP contribution is -2.10. The van der Waals surface area contributed by atoms with E-state index in [0.29, 0.717) is 5.56 Å². The van der Waals surface area contributed by atoms with Crippen LogP contribution in [0.15, 0.2) is 29.8 Å². The van der Waals surface area contributed by atoms with Gasteiger partial charge in [-0.2, -0.15) is 13.2 Å². The quantitative estimate of drug-likeness (QED) is 0.363. The molecule has 0 aliphatic heterocycles. The molecule has 0 spiro atoms. The van der Waals surface area contributed by atoms with Gasteiger partial charge >= 0.3 is 12.1 Å². The summed E-state index contributed by atoms with van der Waals surface area (Å²) in [5.74, 6) is -0.753. The summed E-state index contributed by atoms with van der Waals surface area (Å²) in [5.41, 5.74) is -0.467. The first-order valence-electron chi connectivity index (χ1n) is 5.82. The van der Waals surface area contributed by atoms with Crippen LogP contribution in [0.5, 0.6) is 0 Å². The van der Waals surface area contributed by atoms with Crippen LogP contribution in [0.4, 0.5) is 13.2 Å². The molecule has 1 aromatic carbocycles. The van der Waals surface area contributed by atoms with Gasteiger partial charge in [0.25, 0.3) is 0 Å². The van der Waals surface area contributed by atoms with Crippen molar-refractivity contribution in [2.45, 2.75) is 12.6 Å². The van der Waals surface area contributed by atoms with Crippen LogP contribution in [0, 0.1) is 10.1 Å². The van der Waals surface area contributed by atoms with E-state index in [1.807, 2.05) is 0 Å². The molecule has 0 aliphatic rings. The summed E-state index contributed by atoms with van der Waals surface area (Å²) in [5, 5.41) is 10.3. The van der Waals surface area contributed by atoms with E-state index in [4.69, 9.17) is 0 Å². The third-order valence-corrected chi connectivity index (χ3v) is 2.59. The third-order valence-electron chi connectivity index (χ3n) is 2.59. The maximum Gasteiger partial charge on any atom is 0.416 e. The molecule has 0 saturated heterocycles. The summed E-state index contributed by atoms with van der Waals surface area (Å²) in [4.78, 5) is 21.2. The first-order valence-corrected chi connectivity index (χ1v) is 5.82. The second-order valence-corrected chi connectivity index (χ2v) is 4.09. The van der Waals surface area contributed by atoms with Crippen molar-refractivity contribution in [3.05, 3.63) is 51.1 Å². The van der Waals surface area contributed by atoms with Gasteiger partial charge in [-0.15, -0.1) is 0 Å². The SMILES string of the molecule is COC(=O)/C(=C/c1ccc(C(F)(F)F)cc1)CC[N+](=O)[O-]. The molecule has 0 bridgehead atoms. The van der Waals surface area contributed by atoms with Crippen molar-refractivity contribution in [1.29, 1.82) is 0 Å². The van der Waals surface area contributed by atoms with Crippen LogP contribution >= 0.6 is 0 Å². The summed E-state index contributed by atoms with van der Waals surface area (Å²) >= 11 is 0. The van der Waals surface area contributed by atoms with Gasteiger partial charge in [0.05, 0.1) is 12.7 Å². The fourth-order valence-corrected chi connectivity index (χ4v) is 1.55. The average Bonchev–Trinajstić information content (AvgIpc) is 2.42. The van der Waals surface area contributed by atoms with Gasteiger partial charge in [-0.25, -0.2) is 4.79 Å². The number of esters is 1. The predicted molar refractivity (Wildman–Crippen MR) is 67.9 cm³/mol. The minimum Gasteiger partial charge on any atom is -0.466 e. The zero-order valence-electron chi connectivity index (χ0n) is 11.0. The minimum atomic E-state index is -4.45. The molecule has 114 valence electrons. The average molecular weight is 303 g/mol. The number of carbonyl (C=O) groups is 1. The van der Waals surface area contributed by atoms with Gasteiger partial charge in [-0.05, 0) is 23.8 Å². The number of benzene rings is 1.